The van der Waals surface area contributed by atoms with Crippen LogP contribution in [-0.4, -0.2) is 34.5 Å². The van der Waals surface area contributed by atoms with Gasteiger partial charge in [-0.1, -0.05) is 0 Å². The van der Waals surface area contributed by atoms with Gasteiger partial charge in [0.05, 0.1) is 18.3 Å². The number of halogens is 1. The van der Waals surface area contributed by atoms with Crippen molar-refractivity contribution < 1.29 is 14.3 Å². The van der Waals surface area contributed by atoms with Crippen molar-refractivity contribution in [2.45, 2.75) is 18.4 Å². The summed E-state index contributed by atoms with van der Waals surface area (Å²) in [6.07, 6.45) is 3.08. The molecule has 1 saturated carbocycles. The van der Waals surface area contributed by atoms with Crippen molar-refractivity contribution in [3.8, 4) is 11.3 Å². The van der Waals surface area contributed by atoms with Gasteiger partial charge in [0, 0.05) is 17.1 Å². The summed E-state index contributed by atoms with van der Waals surface area (Å²) in [5.41, 5.74) is 6.86. The van der Waals surface area contributed by atoms with Gasteiger partial charge < -0.3 is 20.8 Å². The van der Waals surface area contributed by atoms with Crippen molar-refractivity contribution in [1.82, 2.24) is 9.97 Å². The molecule has 118 valence electrons. The molecule has 0 aromatic carbocycles. The number of nitrogens with zero attached hydrogens (tertiary/aromatic N) is 1. The van der Waals surface area contributed by atoms with E-state index < -0.39 is 11.5 Å². The normalized spacial score (nSPS) is 14.8. The Bertz CT molecular complexity index is 708. The average Bonchev–Trinajstić information content (AvgIpc) is 2.93. The standard InChI is InChI=1S/C13H14N4O3S.ClH/c1-20-10(18)8-4-7(5-15-8)9-6-21-12(16-9)17-11(19)13(14)2-3-13;/h4-6,15H,2-3,14H2,1H3,(H,16,17,19);1H. The number of nitrogens with two attached hydrogens (primary N) is 1. The SMILES string of the molecule is COC(=O)c1cc(-c2csc(NC(=O)C3(N)CC3)n2)c[nH]1.Cl. The summed E-state index contributed by atoms with van der Waals surface area (Å²) in [6, 6.07) is 1.65. The Morgan fingerprint density at radius 1 is 1.50 bits per heavy atom. The van der Waals surface area contributed by atoms with Gasteiger partial charge in [-0.05, 0) is 18.9 Å². The van der Waals surface area contributed by atoms with E-state index in [1.807, 2.05) is 0 Å². The fourth-order valence-electron chi connectivity index (χ4n) is 1.82. The molecule has 9 heteroatoms. The summed E-state index contributed by atoms with van der Waals surface area (Å²) < 4.78 is 4.63. The van der Waals surface area contributed by atoms with Crippen LogP contribution < -0.4 is 11.1 Å². The lowest BCUT2D eigenvalue weighted by Crippen LogP contribution is -2.37. The van der Waals surface area contributed by atoms with Crippen LogP contribution in [-0.2, 0) is 9.53 Å². The fraction of sp³-hybridized carbons (Fsp3) is 0.308. The zero-order chi connectivity index (χ0) is 15.0. The molecule has 1 fully saturated rings. The predicted octanol–water partition coefficient (Wildman–Crippen LogP) is 1.78. The maximum atomic E-state index is 11.8. The van der Waals surface area contributed by atoms with Gasteiger partial charge >= 0.3 is 5.97 Å². The highest BCUT2D eigenvalue weighted by atomic mass is 35.5. The first-order valence-corrected chi connectivity index (χ1v) is 7.23. The van der Waals surface area contributed by atoms with E-state index in [1.54, 1.807) is 17.6 Å². The molecule has 2 aromatic heterocycles. The van der Waals surface area contributed by atoms with Crippen LogP contribution in [0, 0.1) is 0 Å². The van der Waals surface area contributed by atoms with Crippen LogP contribution in [0.2, 0.25) is 0 Å². The number of methoxy groups -OCH3 is 1. The molecule has 22 heavy (non-hydrogen) atoms. The first-order valence-electron chi connectivity index (χ1n) is 6.35. The number of rotatable bonds is 4. The molecule has 2 aromatic rings. The van der Waals surface area contributed by atoms with E-state index in [9.17, 15) is 9.59 Å². The van der Waals surface area contributed by atoms with Gasteiger partial charge in [0.2, 0.25) is 5.91 Å². The molecule has 1 amide bonds. The molecule has 1 aliphatic carbocycles. The Morgan fingerprint density at radius 3 is 2.86 bits per heavy atom. The number of hydrogen-bond donors (Lipinski definition) is 3. The lowest BCUT2D eigenvalue weighted by Gasteiger charge is -2.06. The maximum absolute atomic E-state index is 11.8. The number of thiazole rings is 1. The third-order valence-electron chi connectivity index (χ3n) is 3.35. The van der Waals surface area contributed by atoms with Gasteiger partial charge in [0.25, 0.3) is 0 Å². The molecule has 0 unspecified atom stereocenters. The minimum Gasteiger partial charge on any atom is -0.464 e. The summed E-state index contributed by atoms with van der Waals surface area (Å²) in [5.74, 6) is -0.642. The van der Waals surface area contributed by atoms with E-state index in [-0.39, 0.29) is 18.3 Å². The molecule has 3 rings (SSSR count). The molecule has 0 bridgehead atoms. The number of aromatic amines is 1. The van der Waals surface area contributed by atoms with Crippen LogP contribution in [0.3, 0.4) is 0 Å². The number of anilines is 1. The van der Waals surface area contributed by atoms with Gasteiger partial charge in [-0.25, -0.2) is 9.78 Å². The number of ether oxygens (including phenoxy) is 1. The monoisotopic (exact) mass is 342 g/mol. The smallest absolute Gasteiger partial charge is 0.354 e. The third kappa shape index (κ3) is 3.13. The largest absolute Gasteiger partial charge is 0.464 e. The highest BCUT2D eigenvalue weighted by Gasteiger charge is 2.46. The van der Waals surface area contributed by atoms with Crippen molar-refractivity contribution >= 4 is 40.8 Å². The molecule has 0 radical (unpaired) electrons. The summed E-state index contributed by atoms with van der Waals surface area (Å²) in [4.78, 5) is 30.4. The zero-order valence-corrected chi connectivity index (χ0v) is 13.3. The molecule has 0 aliphatic heterocycles. The molecular weight excluding hydrogens is 328 g/mol. The molecule has 1 aliphatic rings. The number of esters is 1. The van der Waals surface area contributed by atoms with Crippen molar-refractivity contribution in [2.24, 2.45) is 5.73 Å². The lowest BCUT2D eigenvalue weighted by atomic mass is 10.2. The molecule has 0 atom stereocenters. The van der Waals surface area contributed by atoms with E-state index in [1.165, 1.54) is 18.4 Å². The Hall–Kier alpha value is -1.90. The summed E-state index contributed by atoms with van der Waals surface area (Å²) in [5, 5.41) is 5.01. The minimum atomic E-state index is -0.724. The van der Waals surface area contributed by atoms with E-state index in [2.05, 4.69) is 20.0 Å². The summed E-state index contributed by atoms with van der Waals surface area (Å²) in [7, 11) is 1.32. The van der Waals surface area contributed by atoms with E-state index in [4.69, 9.17) is 5.73 Å². The second-order valence-electron chi connectivity index (χ2n) is 4.94. The Labute approximate surface area is 136 Å². The van der Waals surface area contributed by atoms with Gasteiger partial charge in [-0.3, -0.25) is 4.79 Å². The molecule has 0 spiro atoms. The second-order valence-corrected chi connectivity index (χ2v) is 5.80. The van der Waals surface area contributed by atoms with Crippen LogP contribution in [0.15, 0.2) is 17.6 Å². The second kappa shape index (κ2) is 6.07. The average molecular weight is 343 g/mol. The van der Waals surface area contributed by atoms with Crippen molar-refractivity contribution in [2.75, 3.05) is 12.4 Å². The van der Waals surface area contributed by atoms with Gasteiger partial charge in [-0.15, -0.1) is 23.7 Å². The van der Waals surface area contributed by atoms with Crippen molar-refractivity contribution in [3.63, 3.8) is 0 Å². The number of aromatic nitrogens is 2. The fourth-order valence-corrected chi connectivity index (χ4v) is 2.53. The number of carbonyl (C=O) groups is 2. The number of amides is 1. The van der Waals surface area contributed by atoms with Crippen LogP contribution in [0.4, 0.5) is 5.13 Å². The summed E-state index contributed by atoms with van der Waals surface area (Å²) >= 11 is 1.31. The number of H-pyrrole nitrogens is 1. The van der Waals surface area contributed by atoms with Crippen LogP contribution in [0.5, 0.6) is 0 Å². The highest BCUT2D eigenvalue weighted by Crippen LogP contribution is 2.34. The first kappa shape index (κ1) is 16.5. The topological polar surface area (TPSA) is 110 Å². The van der Waals surface area contributed by atoms with E-state index >= 15 is 0 Å². The Kier molecular flexibility index (Phi) is 4.55. The minimum absolute atomic E-state index is 0. The van der Waals surface area contributed by atoms with Crippen LogP contribution in [0.25, 0.3) is 11.3 Å². The lowest BCUT2D eigenvalue weighted by molar-refractivity contribution is -0.118. The quantitative estimate of drug-likeness (QED) is 0.733. The van der Waals surface area contributed by atoms with Crippen molar-refractivity contribution in [3.05, 3.63) is 23.3 Å². The number of nitrogens with one attached hydrogen (secondary N) is 2. The summed E-state index contributed by atoms with van der Waals surface area (Å²) in [6.45, 7) is 0. The zero-order valence-electron chi connectivity index (χ0n) is 11.7. The van der Waals surface area contributed by atoms with E-state index in [0.717, 1.165) is 5.56 Å². The Morgan fingerprint density at radius 2 is 2.23 bits per heavy atom. The maximum Gasteiger partial charge on any atom is 0.354 e. The molecule has 7 nitrogen and oxygen atoms in total. The van der Waals surface area contributed by atoms with E-state index in [0.29, 0.717) is 29.4 Å². The van der Waals surface area contributed by atoms with Gasteiger partial charge in [0.1, 0.15) is 5.69 Å². The number of hydrogen-bond acceptors (Lipinski definition) is 6. The third-order valence-corrected chi connectivity index (χ3v) is 4.11. The van der Waals surface area contributed by atoms with Crippen LogP contribution in [0.1, 0.15) is 23.3 Å². The van der Waals surface area contributed by atoms with Crippen molar-refractivity contribution in [1.29, 1.82) is 0 Å². The van der Waals surface area contributed by atoms with Gasteiger partial charge in [0.15, 0.2) is 5.13 Å². The highest BCUT2D eigenvalue weighted by molar-refractivity contribution is 7.14. The number of carbonyl (C=O) groups excluding carboxylic acids is 2. The first-order chi connectivity index (χ1) is 10.0. The molecule has 0 saturated heterocycles. The van der Waals surface area contributed by atoms with Crippen LogP contribution >= 0.6 is 23.7 Å². The van der Waals surface area contributed by atoms with Gasteiger partial charge in [-0.2, -0.15) is 0 Å². The molecule has 4 N–H and O–H groups in total. The Balaban J connectivity index is 0.00000176. The predicted molar refractivity (Wildman–Crippen MR) is 85.3 cm³/mol. The molecule has 2 heterocycles. The molecular formula is C13H15ClN4O3S.